The van der Waals surface area contributed by atoms with Gasteiger partial charge in [0.1, 0.15) is 0 Å². The molecule has 5 aliphatic carbocycles. The fourth-order valence-corrected chi connectivity index (χ4v) is 7.31. The minimum atomic E-state index is -0.297. The van der Waals surface area contributed by atoms with E-state index in [0.717, 1.165) is 19.3 Å². The van der Waals surface area contributed by atoms with Crippen LogP contribution in [0.2, 0.25) is 0 Å². The van der Waals surface area contributed by atoms with E-state index in [1.807, 2.05) is 6.08 Å². The summed E-state index contributed by atoms with van der Waals surface area (Å²) < 4.78 is 0. The molecule has 24 heavy (non-hydrogen) atoms. The van der Waals surface area contributed by atoms with Gasteiger partial charge in [-0.05, 0) is 68.1 Å². The number of primary amides is 1. The first-order chi connectivity index (χ1) is 11.2. The summed E-state index contributed by atoms with van der Waals surface area (Å²) in [6.07, 6.45) is 12.3. The average molecular weight is 330 g/mol. The van der Waals surface area contributed by atoms with Crippen LogP contribution in [0.15, 0.2) is 12.2 Å². The van der Waals surface area contributed by atoms with E-state index in [9.17, 15) is 9.59 Å². The molecule has 0 saturated heterocycles. The predicted molar refractivity (Wildman–Crippen MR) is 92.8 cm³/mol. The van der Waals surface area contributed by atoms with Crippen LogP contribution in [0.4, 0.5) is 0 Å². The summed E-state index contributed by atoms with van der Waals surface area (Å²) in [5.74, 6) is 0.323. The van der Waals surface area contributed by atoms with Gasteiger partial charge in [-0.3, -0.25) is 9.59 Å². The smallest absolute Gasteiger partial charge is 0.226 e. The van der Waals surface area contributed by atoms with Crippen molar-refractivity contribution in [3.8, 4) is 0 Å². The van der Waals surface area contributed by atoms with Crippen LogP contribution in [0.5, 0.6) is 0 Å². The van der Waals surface area contributed by atoms with Gasteiger partial charge in [-0.15, -0.1) is 0 Å². The molecule has 4 saturated carbocycles. The molecule has 0 aliphatic heterocycles. The molecule has 0 spiro atoms. The van der Waals surface area contributed by atoms with Crippen LogP contribution in [0.1, 0.15) is 65.2 Å². The van der Waals surface area contributed by atoms with Crippen LogP contribution >= 0.6 is 0 Å². The van der Waals surface area contributed by atoms with Crippen molar-refractivity contribution in [1.29, 1.82) is 0 Å². The number of carbonyl (C=O) groups excluding carboxylic acids is 2. The van der Waals surface area contributed by atoms with Crippen LogP contribution in [0.3, 0.4) is 0 Å². The second-order valence-electron chi connectivity index (χ2n) is 9.94. The van der Waals surface area contributed by atoms with Crippen LogP contribution in [0.25, 0.3) is 0 Å². The van der Waals surface area contributed by atoms with Crippen molar-refractivity contribution in [2.75, 3.05) is 0 Å². The van der Waals surface area contributed by atoms with Gasteiger partial charge in [0.2, 0.25) is 11.8 Å². The molecule has 0 aromatic heterocycles. The molecule has 2 amide bonds. The molecule has 4 nitrogen and oxygen atoms in total. The molecule has 0 radical (unpaired) electrons. The maximum Gasteiger partial charge on any atom is 0.226 e. The highest BCUT2D eigenvalue weighted by atomic mass is 16.2. The van der Waals surface area contributed by atoms with Crippen molar-refractivity contribution in [3.63, 3.8) is 0 Å². The molecule has 5 rings (SSSR count). The zero-order valence-corrected chi connectivity index (χ0v) is 14.9. The molecule has 4 fully saturated rings. The highest BCUT2D eigenvalue weighted by Gasteiger charge is 2.62. The van der Waals surface area contributed by atoms with Crippen molar-refractivity contribution in [3.05, 3.63) is 12.2 Å². The zero-order chi connectivity index (χ0) is 17.2. The molecule has 3 N–H and O–H groups in total. The average Bonchev–Trinajstić information content (AvgIpc) is 2.43. The summed E-state index contributed by atoms with van der Waals surface area (Å²) >= 11 is 0. The lowest BCUT2D eigenvalue weighted by Gasteiger charge is -2.64. The third-order valence-electron chi connectivity index (χ3n) is 7.22. The van der Waals surface area contributed by atoms with Crippen molar-refractivity contribution >= 4 is 11.8 Å². The highest BCUT2D eigenvalue weighted by molar-refractivity contribution is 5.85. The number of rotatable bonds is 3. The maximum atomic E-state index is 13.3. The molecule has 0 aromatic carbocycles. The van der Waals surface area contributed by atoms with Crippen molar-refractivity contribution in [2.45, 2.75) is 71.3 Å². The number of allylic oxidation sites excluding steroid dienone is 1. The van der Waals surface area contributed by atoms with Crippen molar-refractivity contribution < 1.29 is 9.59 Å². The van der Waals surface area contributed by atoms with E-state index in [-0.39, 0.29) is 29.2 Å². The van der Waals surface area contributed by atoms with Gasteiger partial charge >= 0.3 is 0 Å². The van der Waals surface area contributed by atoms with E-state index in [0.29, 0.717) is 29.6 Å². The summed E-state index contributed by atoms with van der Waals surface area (Å²) in [6.45, 7) is 4.76. The number of nitrogens with two attached hydrogens (primary N) is 1. The first kappa shape index (κ1) is 16.2. The number of amides is 2. The summed E-state index contributed by atoms with van der Waals surface area (Å²) in [7, 11) is 0. The topological polar surface area (TPSA) is 72.2 Å². The Morgan fingerprint density at radius 3 is 2.21 bits per heavy atom. The largest absolute Gasteiger partial charge is 0.369 e. The van der Waals surface area contributed by atoms with Crippen molar-refractivity contribution in [1.82, 2.24) is 5.32 Å². The van der Waals surface area contributed by atoms with E-state index in [4.69, 9.17) is 5.73 Å². The van der Waals surface area contributed by atoms with Gasteiger partial charge in [-0.2, -0.15) is 0 Å². The Labute approximate surface area is 144 Å². The summed E-state index contributed by atoms with van der Waals surface area (Å²) in [6, 6.07) is -0.131. The third kappa shape index (κ3) is 2.49. The Morgan fingerprint density at radius 1 is 1.00 bits per heavy atom. The molecule has 0 aromatic rings. The summed E-state index contributed by atoms with van der Waals surface area (Å²) in [4.78, 5) is 25.1. The molecule has 4 bridgehead atoms. The Balaban J connectivity index is 1.56. The van der Waals surface area contributed by atoms with E-state index >= 15 is 0 Å². The number of hydrogen-bond donors (Lipinski definition) is 2. The van der Waals surface area contributed by atoms with E-state index in [1.54, 1.807) is 0 Å². The van der Waals surface area contributed by atoms with Gasteiger partial charge in [-0.25, -0.2) is 0 Å². The highest BCUT2D eigenvalue weighted by Crippen LogP contribution is 2.69. The second-order valence-corrected chi connectivity index (χ2v) is 9.94. The normalized spacial score (nSPS) is 49.2. The lowest BCUT2D eigenvalue weighted by Crippen LogP contribution is -2.61. The number of carbonyl (C=O) groups is 2. The van der Waals surface area contributed by atoms with Crippen LogP contribution < -0.4 is 11.1 Å². The molecule has 0 heterocycles. The lowest BCUT2D eigenvalue weighted by molar-refractivity contribution is -0.171. The molecule has 132 valence electrons. The van der Waals surface area contributed by atoms with E-state index < -0.39 is 0 Å². The SMILES string of the molecule is CC12CC3CC(C)(C1)CC(C(=O)N[C@H]1CC=CC[C@H]1C(N)=O)(C3)C2. The quantitative estimate of drug-likeness (QED) is 0.781. The first-order valence-electron chi connectivity index (χ1n) is 9.48. The van der Waals surface area contributed by atoms with Crippen molar-refractivity contribution in [2.24, 2.45) is 33.8 Å². The third-order valence-corrected chi connectivity index (χ3v) is 7.22. The first-order valence-corrected chi connectivity index (χ1v) is 9.48. The van der Waals surface area contributed by atoms with Crippen LogP contribution in [-0.4, -0.2) is 17.9 Å². The van der Waals surface area contributed by atoms with Crippen LogP contribution in [0, 0.1) is 28.1 Å². The number of hydrogen-bond acceptors (Lipinski definition) is 2. The standard InChI is InChI=1S/C20H30N2O2/c1-18-7-13-8-19(2,10-18)12-20(9-13,11-18)17(24)22-15-6-4-3-5-14(15)16(21)23/h3-4,13-15H,5-12H2,1-2H3,(H2,21,23)(H,22,24)/t13?,14-,15+,18?,19?,20?/m1/s1. The number of nitrogens with one attached hydrogen (secondary N) is 1. The fraction of sp³-hybridized carbons (Fsp3) is 0.800. The Bertz CT molecular complexity index is 593. The zero-order valence-electron chi connectivity index (χ0n) is 14.9. The Morgan fingerprint density at radius 2 is 1.62 bits per heavy atom. The summed E-state index contributed by atoms with van der Waals surface area (Å²) in [5.41, 5.74) is 5.98. The molecular weight excluding hydrogens is 300 g/mol. The van der Waals surface area contributed by atoms with Crippen LogP contribution in [-0.2, 0) is 9.59 Å². The van der Waals surface area contributed by atoms with Gasteiger partial charge < -0.3 is 11.1 Å². The Kier molecular flexibility index (Phi) is 3.43. The minimum Gasteiger partial charge on any atom is -0.369 e. The van der Waals surface area contributed by atoms with Gasteiger partial charge in [-0.1, -0.05) is 26.0 Å². The minimum absolute atomic E-state index is 0.131. The van der Waals surface area contributed by atoms with Gasteiger partial charge in [0.25, 0.3) is 0 Å². The van der Waals surface area contributed by atoms with E-state index in [2.05, 4.69) is 25.2 Å². The summed E-state index contributed by atoms with van der Waals surface area (Å²) in [5, 5.41) is 3.25. The molecule has 4 heteroatoms. The van der Waals surface area contributed by atoms with Gasteiger partial charge in [0, 0.05) is 6.04 Å². The Hall–Kier alpha value is -1.32. The molecular formula is C20H30N2O2. The second kappa shape index (κ2) is 5.09. The molecule has 4 atom stereocenters. The monoisotopic (exact) mass is 330 g/mol. The van der Waals surface area contributed by atoms with Gasteiger partial charge in [0.05, 0.1) is 11.3 Å². The van der Waals surface area contributed by atoms with E-state index in [1.165, 1.54) is 19.3 Å². The fourth-order valence-electron chi connectivity index (χ4n) is 7.31. The van der Waals surface area contributed by atoms with Gasteiger partial charge in [0.15, 0.2) is 0 Å². The predicted octanol–water partition coefficient (Wildman–Crippen LogP) is 2.92. The lowest BCUT2D eigenvalue weighted by atomic mass is 9.40. The molecule has 2 unspecified atom stereocenters. The molecule has 5 aliphatic rings. The maximum absolute atomic E-state index is 13.3.